The van der Waals surface area contributed by atoms with Crippen molar-refractivity contribution in [3.8, 4) is 0 Å². The van der Waals surface area contributed by atoms with Gasteiger partial charge in [0.15, 0.2) is 5.85 Å². The van der Waals surface area contributed by atoms with E-state index in [2.05, 4.69) is 48.8 Å². The molecule has 0 aromatic carbocycles. The maximum Gasteiger partial charge on any atom is 0.171 e. The predicted octanol–water partition coefficient (Wildman–Crippen LogP) is 13.9. The second-order valence-electron chi connectivity index (χ2n) is 15.6. The molecule has 3 N–H and O–H groups in total. The summed E-state index contributed by atoms with van der Waals surface area (Å²) in [5.74, 6) is -0.977. The molecule has 5 heteroatoms. The van der Waals surface area contributed by atoms with Crippen LogP contribution < -0.4 is 10.6 Å². The molecular formula is C47H94N2O3. The molecule has 310 valence electrons. The highest BCUT2D eigenvalue weighted by atomic mass is 16.5. The van der Waals surface area contributed by atoms with E-state index in [9.17, 15) is 5.11 Å². The number of unbranched alkanes of at least 4 members (excludes halogenated alkanes) is 26. The number of ether oxygens (including phenoxy) is 2. The lowest BCUT2D eigenvalue weighted by Gasteiger charge is -2.29. The van der Waals surface area contributed by atoms with Gasteiger partial charge in [-0.2, -0.15) is 0 Å². The molecule has 0 atom stereocenters. The molecule has 0 bridgehead atoms. The summed E-state index contributed by atoms with van der Waals surface area (Å²) in [5.41, 5.74) is 0. The highest BCUT2D eigenvalue weighted by molar-refractivity contribution is 4.82. The summed E-state index contributed by atoms with van der Waals surface area (Å²) in [6.45, 7) is 11.6. The third kappa shape index (κ3) is 42.0. The zero-order valence-electron chi connectivity index (χ0n) is 35.7. The van der Waals surface area contributed by atoms with Crippen LogP contribution in [0.1, 0.15) is 233 Å². The van der Waals surface area contributed by atoms with Gasteiger partial charge in [-0.25, -0.2) is 0 Å². The van der Waals surface area contributed by atoms with Gasteiger partial charge in [0, 0.05) is 32.8 Å². The van der Waals surface area contributed by atoms with Gasteiger partial charge in [-0.3, -0.25) is 10.6 Å². The van der Waals surface area contributed by atoms with Gasteiger partial charge < -0.3 is 14.6 Å². The topological polar surface area (TPSA) is 62.8 Å². The number of allylic oxidation sites excluding steroid dienone is 4. The summed E-state index contributed by atoms with van der Waals surface area (Å²) in [7, 11) is 0. The minimum atomic E-state index is -0.977. The Balaban J connectivity index is 3.38. The highest BCUT2D eigenvalue weighted by Crippen LogP contribution is 2.12. The average Bonchev–Trinajstić information content (AvgIpc) is 3.15. The van der Waals surface area contributed by atoms with Gasteiger partial charge in [-0.15, -0.1) is 0 Å². The maximum absolute atomic E-state index is 10.9. The molecule has 0 aromatic heterocycles. The fraction of sp³-hybridized carbons (Fsp3) is 0.915. The number of hydrogen-bond acceptors (Lipinski definition) is 5. The molecule has 52 heavy (non-hydrogen) atoms. The molecule has 0 aromatic rings. The van der Waals surface area contributed by atoms with E-state index in [-0.39, 0.29) is 0 Å². The van der Waals surface area contributed by atoms with Crippen molar-refractivity contribution in [2.75, 3.05) is 39.5 Å². The Morgan fingerprint density at radius 3 is 0.942 bits per heavy atom. The van der Waals surface area contributed by atoms with Gasteiger partial charge in [0.1, 0.15) is 0 Å². The first-order chi connectivity index (χ1) is 25.7. The van der Waals surface area contributed by atoms with E-state index in [1.165, 1.54) is 180 Å². The largest absolute Gasteiger partial charge is 0.381 e. The van der Waals surface area contributed by atoms with Crippen LogP contribution in [0.2, 0.25) is 0 Å². The SMILES string of the molecule is CCCCCCCC/C=C\CCCCCCCCOCCCCNC(O)(CC)NCCCCOCCCCCCCC/C=C\CCCCCCCC. The minimum Gasteiger partial charge on any atom is -0.381 e. The lowest BCUT2D eigenvalue weighted by atomic mass is 10.1. The number of rotatable bonds is 45. The quantitative estimate of drug-likeness (QED) is 0.0330. The third-order valence-corrected chi connectivity index (χ3v) is 10.4. The summed E-state index contributed by atoms with van der Waals surface area (Å²) in [4.78, 5) is 0. The molecule has 0 radical (unpaired) electrons. The summed E-state index contributed by atoms with van der Waals surface area (Å²) in [6.07, 6.45) is 51.9. The van der Waals surface area contributed by atoms with Crippen molar-refractivity contribution in [2.45, 2.75) is 239 Å². The number of hydrogen-bond donors (Lipinski definition) is 3. The van der Waals surface area contributed by atoms with E-state index in [1.807, 2.05) is 6.92 Å². The molecule has 0 rings (SSSR count). The van der Waals surface area contributed by atoms with Crippen molar-refractivity contribution in [2.24, 2.45) is 0 Å². The summed E-state index contributed by atoms with van der Waals surface area (Å²) >= 11 is 0. The van der Waals surface area contributed by atoms with Crippen LogP contribution in [0.5, 0.6) is 0 Å². The molecule has 0 aliphatic rings. The molecule has 0 saturated heterocycles. The maximum atomic E-state index is 10.9. The number of aliphatic hydroxyl groups is 1. The predicted molar refractivity (Wildman–Crippen MR) is 230 cm³/mol. The zero-order chi connectivity index (χ0) is 37.7. The first kappa shape index (κ1) is 51.3. The Morgan fingerprint density at radius 1 is 0.365 bits per heavy atom. The Hall–Kier alpha value is -0.720. The Labute approximate surface area is 326 Å². The molecule has 0 aliphatic carbocycles. The Morgan fingerprint density at radius 2 is 0.635 bits per heavy atom. The van der Waals surface area contributed by atoms with Gasteiger partial charge >= 0.3 is 0 Å². The Bertz CT molecular complexity index is 659. The highest BCUT2D eigenvalue weighted by Gasteiger charge is 2.21. The van der Waals surface area contributed by atoms with Gasteiger partial charge in [0.2, 0.25) is 0 Å². The van der Waals surface area contributed by atoms with E-state index < -0.39 is 5.85 Å². The molecule has 0 spiro atoms. The lowest BCUT2D eigenvalue weighted by molar-refractivity contribution is -0.0322. The van der Waals surface area contributed by atoms with Crippen molar-refractivity contribution < 1.29 is 14.6 Å². The van der Waals surface area contributed by atoms with Crippen LogP contribution in [0.3, 0.4) is 0 Å². The lowest BCUT2D eigenvalue weighted by Crippen LogP contribution is -2.57. The Kier molecular flexibility index (Phi) is 44.1. The molecule has 0 saturated carbocycles. The molecule has 5 nitrogen and oxygen atoms in total. The van der Waals surface area contributed by atoms with Crippen molar-refractivity contribution in [3.63, 3.8) is 0 Å². The van der Waals surface area contributed by atoms with Crippen LogP contribution in [-0.4, -0.2) is 50.5 Å². The molecule has 0 unspecified atom stereocenters. The van der Waals surface area contributed by atoms with Crippen LogP contribution in [0.25, 0.3) is 0 Å². The second kappa shape index (κ2) is 44.7. The van der Waals surface area contributed by atoms with Crippen molar-refractivity contribution in [3.05, 3.63) is 24.3 Å². The monoisotopic (exact) mass is 735 g/mol. The van der Waals surface area contributed by atoms with Gasteiger partial charge in [-0.1, -0.05) is 161 Å². The summed E-state index contributed by atoms with van der Waals surface area (Å²) in [5, 5.41) is 17.5. The van der Waals surface area contributed by atoms with E-state index >= 15 is 0 Å². The second-order valence-corrected chi connectivity index (χ2v) is 15.6. The van der Waals surface area contributed by atoms with Crippen LogP contribution in [-0.2, 0) is 9.47 Å². The molecule has 0 heterocycles. The average molecular weight is 735 g/mol. The van der Waals surface area contributed by atoms with E-state index in [4.69, 9.17) is 9.47 Å². The third-order valence-electron chi connectivity index (χ3n) is 10.4. The molecular weight excluding hydrogens is 641 g/mol. The van der Waals surface area contributed by atoms with Crippen molar-refractivity contribution in [1.29, 1.82) is 0 Å². The van der Waals surface area contributed by atoms with Gasteiger partial charge in [0.05, 0.1) is 0 Å². The van der Waals surface area contributed by atoms with Gasteiger partial charge in [0.25, 0.3) is 0 Å². The van der Waals surface area contributed by atoms with E-state index in [0.717, 1.165) is 65.2 Å². The van der Waals surface area contributed by atoms with E-state index in [1.54, 1.807) is 0 Å². The fourth-order valence-corrected chi connectivity index (χ4v) is 6.67. The van der Waals surface area contributed by atoms with E-state index in [0.29, 0.717) is 6.42 Å². The van der Waals surface area contributed by atoms with Gasteiger partial charge in [-0.05, 0) is 103 Å². The first-order valence-corrected chi connectivity index (χ1v) is 23.4. The normalized spacial score (nSPS) is 12.3. The van der Waals surface area contributed by atoms with Crippen LogP contribution in [0.15, 0.2) is 24.3 Å². The number of nitrogens with one attached hydrogen (secondary N) is 2. The molecule has 0 amide bonds. The fourth-order valence-electron chi connectivity index (χ4n) is 6.67. The molecule has 0 aliphatic heterocycles. The van der Waals surface area contributed by atoms with Crippen molar-refractivity contribution in [1.82, 2.24) is 10.6 Å². The molecule has 0 fully saturated rings. The summed E-state index contributed by atoms with van der Waals surface area (Å²) < 4.78 is 11.7. The summed E-state index contributed by atoms with van der Waals surface area (Å²) in [6, 6.07) is 0. The van der Waals surface area contributed by atoms with Crippen LogP contribution in [0.4, 0.5) is 0 Å². The van der Waals surface area contributed by atoms with Crippen LogP contribution in [0, 0.1) is 0 Å². The first-order valence-electron chi connectivity index (χ1n) is 23.4. The standard InChI is InChI=1S/C47H94N2O3/c1-4-7-9-11-13-15-17-19-21-23-25-27-29-31-33-37-43-51-45-39-35-41-48-47(50,6-3)49-42-36-40-46-52-44-38-34-32-30-28-26-24-22-20-18-16-14-12-10-8-5-2/h19-22,48-50H,4-18,23-46H2,1-3H3/b21-19-,22-20-. The van der Waals surface area contributed by atoms with Crippen molar-refractivity contribution >= 4 is 0 Å². The minimum absolute atomic E-state index is 0.645. The zero-order valence-corrected chi connectivity index (χ0v) is 35.7. The van der Waals surface area contributed by atoms with Crippen LogP contribution >= 0.6 is 0 Å². The smallest absolute Gasteiger partial charge is 0.171 e.